The molecule has 7 heteroatoms. The number of ether oxygens (including phenoxy) is 1. The molecule has 3 unspecified atom stereocenters. The number of nitro groups is 2. The van der Waals surface area contributed by atoms with Crippen LogP contribution in [-0.4, -0.2) is 28.2 Å². The van der Waals surface area contributed by atoms with E-state index in [0.717, 1.165) is 26.2 Å². The summed E-state index contributed by atoms with van der Waals surface area (Å²) in [5.74, 6) is 1.10. The molecule has 17 heavy (non-hydrogen) atoms. The summed E-state index contributed by atoms with van der Waals surface area (Å²) < 4.78 is 5.44. The van der Waals surface area contributed by atoms with Crippen LogP contribution in [0, 0.1) is 32.1 Å². The van der Waals surface area contributed by atoms with Crippen molar-refractivity contribution in [1.82, 2.24) is 0 Å². The van der Waals surface area contributed by atoms with Gasteiger partial charge in [0, 0.05) is 0 Å². The molecule has 2 saturated carbocycles. The van der Waals surface area contributed by atoms with Crippen molar-refractivity contribution in [3.63, 3.8) is 0 Å². The number of nitrogens with zero attached hydrogens (tertiary/aromatic N) is 2. The summed E-state index contributed by atoms with van der Waals surface area (Å²) in [6.07, 6.45) is 4.27. The molecule has 7 nitrogen and oxygen atoms in total. The standard InChI is InChI=1S/C10H16N2O5/c1-10(11(13)14,12(15)16)6-17-9-5-7-2-3-8(9)4-7/h7-9H,2-6H2,1H3. The maximum atomic E-state index is 10.7. The molecule has 3 atom stereocenters. The van der Waals surface area contributed by atoms with Crippen molar-refractivity contribution in [2.75, 3.05) is 6.61 Å². The van der Waals surface area contributed by atoms with Crippen LogP contribution in [0.1, 0.15) is 32.6 Å². The molecule has 0 aromatic carbocycles. The van der Waals surface area contributed by atoms with Gasteiger partial charge in [-0.2, -0.15) is 0 Å². The van der Waals surface area contributed by atoms with E-state index in [1.807, 2.05) is 0 Å². The Balaban J connectivity index is 1.92. The minimum atomic E-state index is -2.22. The summed E-state index contributed by atoms with van der Waals surface area (Å²) in [4.78, 5) is 19.7. The lowest BCUT2D eigenvalue weighted by molar-refractivity contribution is -0.794. The number of hydrogen-bond acceptors (Lipinski definition) is 5. The topological polar surface area (TPSA) is 95.5 Å². The molecule has 96 valence electrons. The Morgan fingerprint density at radius 1 is 1.24 bits per heavy atom. The smallest absolute Gasteiger partial charge is 0.363 e. The van der Waals surface area contributed by atoms with Crippen LogP contribution in [-0.2, 0) is 4.74 Å². The van der Waals surface area contributed by atoms with Crippen LogP contribution in [0.4, 0.5) is 0 Å². The number of rotatable bonds is 5. The third kappa shape index (κ3) is 2.11. The second-order valence-electron chi connectivity index (χ2n) is 5.26. The quantitative estimate of drug-likeness (QED) is 0.414. The minimum Gasteiger partial charge on any atom is -0.363 e. The molecule has 0 saturated heterocycles. The second kappa shape index (κ2) is 4.21. The lowest BCUT2D eigenvalue weighted by atomic mass is 9.98. The molecule has 0 radical (unpaired) electrons. The highest BCUT2D eigenvalue weighted by molar-refractivity contribution is 4.91. The van der Waals surface area contributed by atoms with E-state index in [1.165, 1.54) is 6.42 Å². The van der Waals surface area contributed by atoms with E-state index in [0.29, 0.717) is 11.8 Å². The minimum absolute atomic E-state index is 0.0204. The summed E-state index contributed by atoms with van der Waals surface area (Å²) in [5.41, 5.74) is -2.22. The van der Waals surface area contributed by atoms with E-state index in [2.05, 4.69) is 0 Å². The predicted octanol–water partition coefficient (Wildman–Crippen LogP) is 1.46. The largest absolute Gasteiger partial charge is 0.478 e. The molecule has 0 amide bonds. The van der Waals surface area contributed by atoms with Crippen LogP contribution < -0.4 is 0 Å². The molecule has 2 fully saturated rings. The van der Waals surface area contributed by atoms with E-state index in [9.17, 15) is 20.2 Å². The molecule has 2 bridgehead atoms. The van der Waals surface area contributed by atoms with Crippen molar-refractivity contribution < 1.29 is 14.6 Å². The Morgan fingerprint density at radius 3 is 2.29 bits per heavy atom. The van der Waals surface area contributed by atoms with Gasteiger partial charge in [0.15, 0.2) is 6.61 Å². The Kier molecular flexibility index (Phi) is 3.03. The number of hydrogen-bond donors (Lipinski definition) is 0. The fraction of sp³-hybridized carbons (Fsp3) is 1.00. The third-order valence-electron chi connectivity index (χ3n) is 4.03. The van der Waals surface area contributed by atoms with Gasteiger partial charge < -0.3 is 4.74 Å². The van der Waals surface area contributed by atoms with Crippen LogP contribution in [0.15, 0.2) is 0 Å². The molecule has 2 rings (SSSR count). The maximum absolute atomic E-state index is 10.7. The van der Waals surface area contributed by atoms with Crippen LogP contribution in [0.2, 0.25) is 0 Å². The van der Waals surface area contributed by atoms with Gasteiger partial charge in [-0.1, -0.05) is 0 Å². The maximum Gasteiger partial charge on any atom is 0.478 e. The molecule has 0 N–H and O–H groups in total. The predicted molar refractivity (Wildman–Crippen MR) is 57.6 cm³/mol. The highest BCUT2D eigenvalue weighted by Crippen LogP contribution is 2.46. The summed E-state index contributed by atoms with van der Waals surface area (Å²) in [5, 5.41) is 21.4. The Hall–Kier alpha value is -1.24. The lowest BCUT2D eigenvalue weighted by Gasteiger charge is -2.23. The van der Waals surface area contributed by atoms with Crippen LogP contribution >= 0.6 is 0 Å². The van der Waals surface area contributed by atoms with Crippen molar-refractivity contribution in [2.24, 2.45) is 11.8 Å². The van der Waals surface area contributed by atoms with E-state index in [4.69, 9.17) is 4.74 Å². The van der Waals surface area contributed by atoms with Gasteiger partial charge in [0.2, 0.25) is 0 Å². The average Bonchev–Trinajstić information content (AvgIpc) is 2.86. The zero-order valence-corrected chi connectivity index (χ0v) is 9.70. The van der Waals surface area contributed by atoms with Crippen molar-refractivity contribution in [2.45, 2.75) is 44.4 Å². The molecule has 0 aromatic heterocycles. The second-order valence-corrected chi connectivity index (χ2v) is 5.26. The summed E-state index contributed by atoms with van der Waals surface area (Å²) in [6.45, 7) is 0.557. The van der Waals surface area contributed by atoms with Crippen molar-refractivity contribution in [3.8, 4) is 0 Å². The molecular formula is C10H16N2O5. The summed E-state index contributed by atoms with van der Waals surface area (Å²) >= 11 is 0. The summed E-state index contributed by atoms with van der Waals surface area (Å²) in [7, 11) is 0. The van der Waals surface area contributed by atoms with Gasteiger partial charge in [0.25, 0.3) is 0 Å². The normalized spacial score (nSPS) is 31.7. The Bertz CT molecular complexity index is 332. The van der Waals surface area contributed by atoms with E-state index >= 15 is 0 Å². The molecular weight excluding hydrogens is 228 g/mol. The highest BCUT2D eigenvalue weighted by atomic mass is 16.7. The zero-order valence-electron chi connectivity index (χ0n) is 9.70. The van der Waals surface area contributed by atoms with E-state index in [1.54, 1.807) is 0 Å². The van der Waals surface area contributed by atoms with E-state index < -0.39 is 22.1 Å². The van der Waals surface area contributed by atoms with E-state index in [-0.39, 0.29) is 6.10 Å². The van der Waals surface area contributed by atoms with Gasteiger partial charge in [-0.15, -0.1) is 0 Å². The molecule has 2 aliphatic rings. The van der Waals surface area contributed by atoms with Gasteiger partial charge in [-0.3, -0.25) is 20.2 Å². The highest BCUT2D eigenvalue weighted by Gasteiger charge is 2.52. The first-order valence-electron chi connectivity index (χ1n) is 5.84. The fourth-order valence-electron chi connectivity index (χ4n) is 2.83. The average molecular weight is 244 g/mol. The fourth-order valence-corrected chi connectivity index (χ4v) is 2.83. The first-order valence-corrected chi connectivity index (χ1v) is 5.84. The lowest BCUT2D eigenvalue weighted by Crippen LogP contribution is -2.48. The van der Waals surface area contributed by atoms with Gasteiger partial charge in [0.1, 0.15) is 9.85 Å². The van der Waals surface area contributed by atoms with Crippen molar-refractivity contribution in [1.29, 1.82) is 0 Å². The molecule has 0 heterocycles. The van der Waals surface area contributed by atoms with Gasteiger partial charge in [-0.05, 0) is 37.5 Å². The molecule has 0 spiro atoms. The number of fused-ring (bicyclic) bond motifs is 2. The van der Waals surface area contributed by atoms with Crippen molar-refractivity contribution >= 4 is 0 Å². The monoisotopic (exact) mass is 244 g/mol. The Morgan fingerprint density at radius 2 is 1.88 bits per heavy atom. The van der Waals surface area contributed by atoms with Gasteiger partial charge >= 0.3 is 5.66 Å². The Labute approximate surface area is 98.4 Å². The summed E-state index contributed by atoms with van der Waals surface area (Å²) in [6, 6.07) is 0. The van der Waals surface area contributed by atoms with Crippen LogP contribution in [0.3, 0.4) is 0 Å². The zero-order chi connectivity index (χ0) is 12.6. The third-order valence-corrected chi connectivity index (χ3v) is 4.03. The SMILES string of the molecule is CC(COC1CC2CCC1C2)([N+](=O)[O-])[N+](=O)[O-]. The first-order chi connectivity index (χ1) is 7.93. The van der Waals surface area contributed by atoms with Crippen molar-refractivity contribution in [3.05, 3.63) is 20.2 Å². The molecule has 0 aliphatic heterocycles. The van der Waals surface area contributed by atoms with Crippen LogP contribution in [0.5, 0.6) is 0 Å². The van der Waals surface area contributed by atoms with Crippen LogP contribution in [0.25, 0.3) is 0 Å². The van der Waals surface area contributed by atoms with Gasteiger partial charge in [-0.25, -0.2) is 0 Å². The molecule has 0 aromatic rings. The van der Waals surface area contributed by atoms with Gasteiger partial charge in [0.05, 0.1) is 13.0 Å². The first kappa shape index (κ1) is 12.2. The molecule has 2 aliphatic carbocycles.